The molecule has 0 N–H and O–H groups in total. The number of carbonyl (C=O) groups excluding carboxylic acids is 3. The van der Waals surface area contributed by atoms with Gasteiger partial charge in [0.1, 0.15) is 0 Å². The van der Waals surface area contributed by atoms with E-state index in [2.05, 4.69) is 19.7 Å². The van der Waals surface area contributed by atoms with Crippen molar-refractivity contribution in [1.82, 2.24) is 0 Å². The molecule has 0 radical (unpaired) electrons. The van der Waals surface area contributed by atoms with E-state index in [1.807, 2.05) is 62.0 Å². The third-order valence-corrected chi connectivity index (χ3v) is 31.0. The number of hydrogen-bond acceptors (Lipinski definition) is 9. The van der Waals surface area contributed by atoms with Crippen LogP contribution in [-0.2, 0) is 14.4 Å². The van der Waals surface area contributed by atoms with Gasteiger partial charge in [-0.25, -0.2) is 0 Å². The fourth-order valence-electron chi connectivity index (χ4n) is 2.91. The van der Waals surface area contributed by atoms with E-state index in [-0.39, 0.29) is 0 Å². The van der Waals surface area contributed by atoms with Gasteiger partial charge in [0.25, 0.3) is 0 Å². The number of ether oxygens (including phenoxy) is 3. The number of benzene rings is 3. The molecule has 0 saturated carbocycles. The van der Waals surface area contributed by atoms with E-state index in [0.717, 1.165) is 14.7 Å². The van der Waals surface area contributed by atoms with E-state index < -0.39 is 35.3 Å². The molecule has 3 rings (SSSR count). The maximum absolute atomic E-state index is 11.9. The van der Waals surface area contributed by atoms with Gasteiger partial charge in [0.2, 0.25) is 0 Å². The second-order valence-corrected chi connectivity index (χ2v) is 33.7. The van der Waals surface area contributed by atoms with Gasteiger partial charge in [0.05, 0.1) is 0 Å². The van der Waals surface area contributed by atoms with Gasteiger partial charge in [0, 0.05) is 0 Å². The first-order chi connectivity index (χ1) is 20.9. The van der Waals surface area contributed by atoms with Crippen LogP contribution in [-0.4, -0.2) is 35.3 Å². The Hall–Kier alpha value is -3.56. The van der Waals surface area contributed by atoms with Crippen LogP contribution in [0.2, 0.25) is 0 Å². The second-order valence-electron chi connectivity index (χ2n) is 7.96. The number of allylic oxidation sites excluding steroid dienone is 6. The van der Waals surface area contributed by atoms with Crippen molar-refractivity contribution < 1.29 is 28.6 Å². The van der Waals surface area contributed by atoms with Crippen LogP contribution in [0, 0.1) is 0 Å². The zero-order chi connectivity index (χ0) is 30.9. The van der Waals surface area contributed by atoms with Crippen molar-refractivity contribution in [1.29, 1.82) is 0 Å². The van der Waals surface area contributed by atoms with Crippen LogP contribution in [0.4, 0.5) is 0 Å². The molecule has 0 heterocycles. The average Bonchev–Trinajstić information content (AvgIpc) is 3.01. The Bertz CT molecular complexity index is 1330. The Morgan fingerprint density at radius 2 is 0.744 bits per heavy atom. The molecule has 0 aliphatic heterocycles. The molecule has 10 heteroatoms. The third kappa shape index (κ3) is 13.1. The van der Waals surface area contributed by atoms with Crippen molar-refractivity contribution >= 4 is 60.8 Å². The Labute approximate surface area is 266 Å². The molecule has 0 aliphatic rings. The Kier molecular flexibility index (Phi) is 14.9. The van der Waals surface area contributed by atoms with E-state index in [9.17, 15) is 14.4 Å². The predicted molar refractivity (Wildman–Crippen MR) is 178 cm³/mol. The molecular weight excluding hydrogens is 798 g/mol. The summed E-state index contributed by atoms with van der Waals surface area (Å²) in [6.45, 7) is 10.6. The van der Waals surface area contributed by atoms with E-state index in [0.29, 0.717) is 17.2 Å². The number of hydrogen-bond donors (Lipinski definition) is 0. The van der Waals surface area contributed by atoms with Gasteiger partial charge in [-0.2, -0.15) is 0 Å². The van der Waals surface area contributed by atoms with Crippen LogP contribution >= 0.6 is 25.6 Å². The molecule has 0 spiro atoms. The van der Waals surface area contributed by atoms with Crippen molar-refractivity contribution in [3.8, 4) is 17.2 Å². The summed E-state index contributed by atoms with van der Waals surface area (Å²) in [5, 5.41) is 0. The summed E-state index contributed by atoms with van der Waals surface area (Å²) in [6.07, 6.45) is 13.0. The van der Waals surface area contributed by atoms with Gasteiger partial charge in [-0.1, -0.05) is 0 Å². The number of rotatable bonds is 15. The summed E-state index contributed by atoms with van der Waals surface area (Å²) in [5.41, 5.74) is 0. The van der Waals surface area contributed by atoms with E-state index in [1.165, 1.54) is 54.7 Å². The molecule has 0 bridgehead atoms. The van der Waals surface area contributed by atoms with Crippen LogP contribution in [0.15, 0.2) is 162 Å². The Balaban J connectivity index is 1.73. The van der Waals surface area contributed by atoms with Crippen molar-refractivity contribution in [3.63, 3.8) is 0 Å². The van der Waals surface area contributed by atoms with Gasteiger partial charge >= 0.3 is 269 Å². The Morgan fingerprint density at radius 3 is 0.977 bits per heavy atom. The summed E-state index contributed by atoms with van der Waals surface area (Å²) in [4.78, 5) is 38.8. The minimum absolute atomic E-state index is 0.454. The summed E-state index contributed by atoms with van der Waals surface area (Å²) in [7, 11) is 5.47. The van der Waals surface area contributed by atoms with Gasteiger partial charge in [-0.3, -0.25) is 0 Å². The van der Waals surface area contributed by atoms with E-state index >= 15 is 0 Å². The first-order valence-corrected chi connectivity index (χ1v) is 27.6. The van der Waals surface area contributed by atoms with Crippen LogP contribution in [0.25, 0.3) is 0 Å². The van der Waals surface area contributed by atoms with Crippen molar-refractivity contribution in [2.24, 2.45) is 0 Å². The van der Waals surface area contributed by atoms with Gasteiger partial charge in [-0.15, -0.1) is 0 Å². The maximum atomic E-state index is 11.9. The summed E-state index contributed by atoms with van der Waals surface area (Å²) < 4.78 is 16.0. The third-order valence-electron chi connectivity index (χ3n) is 4.77. The van der Waals surface area contributed by atoms with Crippen molar-refractivity contribution in [2.75, 3.05) is 0 Å². The zero-order valence-electron chi connectivity index (χ0n) is 22.9. The first kappa shape index (κ1) is 33.9. The van der Waals surface area contributed by atoms with Crippen molar-refractivity contribution in [2.45, 2.75) is 14.7 Å². The SMILES string of the molecule is C=CC=CC(=O)Oc1ccc([S][Bi]([S]c2ccc(OC(=O)C=CC=C)cc2)[S]c2ccc(OC(=O)C=CC=C)cc2)cc1. The summed E-state index contributed by atoms with van der Waals surface area (Å²) in [5.74, 6) is -0.0549. The summed E-state index contributed by atoms with van der Waals surface area (Å²) in [6, 6.07) is 22.2. The standard InChI is InChI=1S/3C11H10O2S.Bi/c3*1-2-3-4-11(12)13-9-5-7-10(14)8-6-9;/h3*2-8,14H,1H2;/q;;;+3/p-3. The molecule has 3 aromatic rings. The van der Waals surface area contributed by atoms with Crippen LogP contribution < -0.4 is 14.2 Å². The molecule has 0 amide bonds. The Morgan fingerprint density at radius 1 is 0.488 bits per heavy atom. The monoisotopic (exact) mass is 824 g/mol. The molecule has 0 aliphatic carbocycles. The zero-order valence-corrected chi connectivity index (χ0v) is 28.8. The van der Waals surface area contributed by atoms with Gasteiger partial charge in [0.15, 0.2) is 0 Å². The van der Waals surface area contributed by atoms with Crippen LogP contribution in [0.3, 0.4) is 0 Å². The number of esters is 3. The molecular formula is C33H27BiO6S3. The van der Waals surface area contributed by atoms with Crippen LogP contribution in [0.5, 0.6) is 17.2 Å². The van der Waals surface area contributed by atoms with Crippen molar-refractivity contribution in [3.05, 3.63) is 147 Å². The summed E-state index contributed by atoms with van der Waals surface area (Å²) >= 11 is -2.52. The van der Waals surface area contributed by atoms with E-state index in [1.54, 1.807) is 36.4 Å². The first-order valence-electron chi connectivity index (χ1n) is 12.6. The predicted octanol–water partition coefficient (Wildman–Crippen LogP) is 8.29. The topological polar surface area (TPSA) is 78.9 Å². The fraction of sp³-hybridized carbons (Fsp3) is 0. The minimum atomic E-state index is -2.52. The fourth-order valence-corrected chi connectivity index (χ4v) is 32.4. The molecule has 3 aromatic carbocycles. The van der Waals surface area contributed by atoms with Gasteiger partial charge in [-0.05, 0) is 0 Å². The van der Waals surface area contributed by atoms with E-state index in [4.69, 9.17) is 14.2 Å². The molecule has 218 valence electrons. The molecule has 0 fully saturated rings. The van der Waals surface area contributed by atoms with Gasteiger partial charge < -0.3 is 0 Å². The number of carbonyl (C=O) groups is 3. The normalized spacial score (nSPS) is 11.1. The molecule has 0 atom stereocenters. The van der Waals surface area contributed by atoms with Crippen LogP contribution in [0.1, 0.15) is 0 Å². The second kappa shape index (κ2) is 18.9. The molecule has 0 saturated heterocycles. The molecule has 43 heavy (non-hydrogen) atoms. The average molecular weight is 825 g/mol. The molecule has 0 aromatic heterocycles. The molecule has 6 nitrogen and oxygen atoms in total. The molecule has 0 unspecified atom stereocenters. The quantitative estimate of drug-likeness (QED) is 0.0495.